The number of benzene rings is 2. The fourth-order valence-electron chi connectivity index (χ4n) is 10.4. The molecule has 1 spiro atoms. The van der Waals surface area contributed by atoms with E-state index < -0.39 is 138 Å². The maximum atomic E-state index is 14.8. The Balaban J connectivity index is 1.65. The van der Waals surface area contributed by atoms with Gasteiger partial charge in [0.25, 0.3) is 0 Å². The number of hydrogen-bond donors (Lipinski definition) is 1. The number of ether oxygens (including phenoxy) is 9. The van der Waals surface area contributed by atoms with Gasteiger partial charge in [0.05, 0.1) is 34.2 Å². The molecule has 7 rings (SSSR count). The third-order valence-electron chi connectivity index (χ3n) is 13.3. The van der Waals surface area contributed by atoms with Gasteiger partial charge >= 0.3 is 47.8 Å². The number of aliphatic hydroxyl groups is 1. The minimum atomic E-state index is -2.91. The number of nitrogens with zero attached hydrogens (tertiary/aromatic N) is 1. The van der Waals surface area contributed by atoms with Gasteiger partial charge in [0.15, 0.2) is 30.0 Å². The van der Waals surface area contributed by atoms with Crippen molar-refractivity contribution in [2.24, 2.45) is 17.3 Å². The lowest BCUT2D eigenvalue weighted by Crippen LogP contribution is -2.89. The van der Waals surface area contributed by atoms with Crippen LogP contribution in [-0.4, -0.2) is 124 Å². The number of carbonyl (C=O) groups is 8. The van der Waals surface area contributed by atoms with Crippen molar-refractivity contribution < 1.29 is 86.1 Å². The molecule has 4 aliphatic rings. The minimum absolute atomic E-state index is 0.0377. The molecule has 19 heteroatoms. The molecule has 0 radical (unpaired) electrons. The smallest absolute Gasteiger partial charge is 0.340 e. The first-order valence-electron chi connectivity index (χ1n) is 21.5. The molecule has 2 aromatic carbocycles. The van der Waals surface area contributed by atoms with Gasteiger partial charge < -0.3 is 47.7 Å². The summed E-state index contributed by atoms with van der Waals surface area (Å²) in [7, 11) is 0. The third kappa shape index (κ3) is 8.17. The van der Waals surface area contributed by atoms with Crippen LogP contribution in [0.2, 0.25) is 0 Å². The van der Waals surface area contributed by atoms with Crippen LogP contribution in [0.5, 0.6) is 0 Å². The van der Waals surface area contributed by atoms with Gasteiger partial charge in [-0.3, -0.25) is 29.0 Å². The maximum Gasteiger partial charge on any atom is 0.340 e. The van der Waals surface area contributed by atoms with Crippen molar-refractivity contribution in [2.45, 2.75) is 115 Å². The number of fused-ring (bicyclic) bond motifs is 5. The molecule has 1 N–H and O–H groups in total. The molecule has 2 aliphatic heterocycles. The van der Waals surface area contributed by atoms with Gasteiger partial charge in [-0.1, -0.05) is 50.2 Å². The lowest BCUT2D eigenvalue weighted by molar-refractivity contribution is -0.385. The van der Waals surface area contributed by atoms with Crippen LogP contribution in [0.15, 0.2) is 79.0 Å². The van der Waals surface area contributed by atoms with Crippen molar-refractivity contribution in [1.82, 2.24) is 4.98 Å². The van der Waals surface area contributed by atoms with Crippen molar-refractivity contribution >= 4 is 47.8 Å². The fourth-order valence-corrected chi connectivity index (χ4v) is 10.4. The molecule has 2 saturated carbocycles. The monoisotopic (exact) mass is 929 g/mol. The lowest BCUT2D eigenvalue weighted by atomic mass is 9.45. The number of esters is 8. The molecule has 3 aromatic rings. The molecule has 1 aromatic heterocycles. The Kier molecular flexibility index (Phi) is 13.1. The standard InChI is InChI=1S/C48H51NO18/c1-24-25(2)41(54)65-38-36(62-28(5)52)40(66-43(56)31-18-13-10-14-19-31)47(23-59-26(3)50)39(63-29(6)53)35(61-27(4)51)33-37(64-42(55)30-16-11-9-12-17-30)48(47,46(38,8)58)67-45(33,7)22-60-44(57)32-20-15-21-49-34(24)32/h9-21,24-25,33,35-40,58H,22-23H2,1-8H3/t24?,25?,33-,35-,36+,37-,38-,39-,40+,45+,46+,47+,48+/m1/s1. The number of aromatic nitrogens is 1. The summed E-state index contributed by atoms with van der Waals surface area (Å²) in [6.45, 7) is 7.66. The van der Waals surface area contributed by atoms with Gasteiger partial charge in [-0.25, -0.2) is 14.4 Å². The first kappa shape index (κ1) is 48.2. The van der Waals surface area contributed by atoms with E-state index in [9.17, 15) is 43.5 Å². The SMILES string of the molecule is CC(=O)OC[C@@]12[C@H](OC(C)=O)[C@H](OC(C)=O)[C@@H]3[C@@H](OC(=O)c4ccccc4)[C@@]14O[C@@]3(C)COC(=O)c1cccnc1C(C)C(C)C(=O)O[C@H]([C@H](OC(C)=O)[C@@H]2OC(=O)c1ccccc1)[C@]4(C)O. The summed E-state index contributed by atoms with van der Waals surface area (Å²) < 4.78 is 56.6. The first-order valence-corrected chi connectivity index (χ1v) is 21.5. The minimum Gasteiger partial charge on any atom is -0.465 e. The van der Waals surface area contributed by atoms with Gasteiger partial charge in [-0.15, -0.1) is 0 Å². The summed E-state index contributed by atoms with van der Waals surface area (Å²) in [4.78, 5) is 116. The maximum absolute atomic E-state index is 14.8. The van der Waals surface area contributed by atoms with E-state index in [0.717, 1.165) is 34.6 Å². The van der Waals surface area contributed by atoms with Gasteiger partial charge in [0.1, 0.15) is 42.0 Å². The number of rotatable bonds is 9. The van der Waals surface area contributed by atoms with E-state index in [0.29, 0.717) is 0 Å². The normalized spacial score (nSPS) is 34.1. The van der Waals surface area contributed by atoms with Crippen LogP contribution >= 0.6 is 0 Å². The van der Waals surface area contributed by atoms with E-state index in [2.05, 4.69) is 4.98 Å². The van der Waals surface area contributed by atoms with Crippen LogP contribution in [0.25, 0.3) is 0 Å². The molecule has 3 fully saturated rings. The van der Waals surface area contributed by atoms with Crippen LogP contribution < -0.4 is 0 Å². The lowest BCUT2D eigenvalue weighted by Gasteiger charge is -2.67. The van der Waals surface area contributed by atoms with Crippen LogP contribution in [-0.2, 0) is 66.6 Å². The molecule has 2 unspecified atom stereocenters. The summed E-state index contributed by atoms with van der Waals surface area (Å²) in [5.74, 6) is -12.1. The van der Waals surface area contributed by atoms with E-state index in [-0.39, 0.29) is 22.4 Å². The highest BCUT2D eigenvalue weighted by molar-refractivity contribution is 5.92. The molecule has 3 heterocycles. The summed E-state index contributed by atoms with van der Waals surface area (Å²) in [5.41, 5.74) is -10.7. The third-order valence-corrected chi connectivity index (χ3v) is 13.3. The molecule has 1 saturated heterocycles. The predicted molar refractivity (Wildman–Crippen MR) is 225 cm³/mol. The zero-order chi connectivity index (χ0) is 48.8. The fraction of sp³-hybridized carbons (Fsp3) is 0.479. The van der Waals surface area contributed by atoms with Gasteiger partial charge in [0.2, 0.25) is 0 Å². The van der Waals surface area contributed by atoms with E-state index in [1.165, 1.54) is 68.6 Å². The Labute approximate surface area is 384 Å². The van der Waals surface area contributed by atoms with Crippen LogP contribution in [0.3, 0.4) is 0 Å². The number of hydrogen-bond acceptors (Lipinski definition) is 19. The quantitative estimate of drug-likeness (QED) is 0.238. The highest BCUT2D eigenvalue weighted by atomic mass is 16.7. The van der Waals surface area contributed by atoms with Crippen molar-refractivity contribution in [3.63, 3.8) is 0 Å². The molecule has 356 valence electrons. The number of cyclic esters (lactones) is 1. The highest BCUT2D eigenvalue weighted by Gasteiger charge is 2.92. The van der Waals surface area contributed by atoms with E-state index in [4.69, 9.17) is 42.6 Å². The van der Waals surface area contributed by atoms with E-state index in [1.807, 2.05) is 0 Å². The Morgan fingerprint density at radius 1 is 0.687 bits per heavy atom. The van der Waals surface area contributed by atoms with Crippen molar-refractivity contribution in [1.29, 1.82) is 0 Å². The molecular weight excluding hydrogens is 879 g/mol. The summed E-state index contributed by atoms with van der Waals surface area (Å²) in [6, 6.07) is 17.8. The molecule has 67 heavy (non-hydrogen) atoms. The van der Waals surface area contributed by atoms with Crippen molar-refractivity contribution in [2.75, 3.05) is 13.2 Å². The Hall–Kier alpha value is -6.73. The Bertz CT molecular complexity index is 2460. The zero-order valence-corrected chi connectivity index (χ0v) is 38.0. The van der Waals surface area contributed by atoms with Crippen LogP contribution in [0.4, 0.5) is 0 Å². The molecule has 0 amide bonds. The van der Waals surface area contributed by atoms with Crippen molar-refractivity contribution in [3.8, 4) is 0 Å². The summed E-state index contributed by atoms with van der Waals surface area (Å²) >= 11 is 0. The average molecular weight is 930 g/mol. The molecule has 13 atom stereocenters. The number of carbonyl (C=O) groups excluding carboxylic acids is 8. The topological polar surface area (TPSA) is 253 Å². The van der Waals surface area contributed by atoms with Crippen LogP contribution in [0.1, 0.15) is 98.1 Å². The highest BCUT2D eigenvalue weighted by Crippen LogP contribution is 2.70. The van der Waals surface area contributed by atoms with Crippen LogP contribution in [0, 0.1) is 17.3 Å². The second-order valence-corrected chi connectivity index (χ2v) is 17.7. The van der Waals surface area contributed by atoms with Gasteiger partial charge in [-0.05, 0) is 50.2 Å². The molecule has 2 aliphatic carbocycles. The summed E-state index contributed by atoms with van der Waals surface area (Å²) in [5, 5.41) is 13.9. The second kappa shape index (κ2) is 18.2. The Morgan fingerprint density at radius 3 is 1.78 bits per heavy atom. The largest absolute Gasteiger partial charge is 0.465 e. The van der Waals surface area contributed by atoms with E-state index in [1.54, 1.807) is 31.2 Å². The second-order valence-electron chi connectivity index (χ2n) is 17.7. The predicted octanol–water partition coefficient (Wildman–Crippen LogP) is 3.62. The Morgan fingerprint density at radius 2 is 1.22 bits per heavy atom. The van der Waals surface area contributed by atoms with E-state index >= 15 is 0 Å². The molecule has 19 nitrogen and oxygen atoms in total. The summed E-state index contributed by atoms with van der Waals surface area (Å²) in [6.07, 6.45) is -11.1. The average Bonchev–Trinajstić information content (AvgIpc) is 3.51. The van der Waals surface area contributed by atoms with Crippen molar-refractivity contribution in [3.05, 3.63) is 101 Å². The zero-order valence-electron chi connectivity index (χ0n) is 38.0. The first-order chi connectivity index (χ1) is 31.6. The van der Waals surface area contributed by atoms with Gasteiger partial charge in [-0.2, -0.15) is 0 Å². The van der Waals surface area contributed by atoms with Gasteiger partial charge in [0, 0.05) is 39.8 Å². The molecular formula is C48H51NO18. The molecule has 4 bridgehead atoms. The number of pyridine rings is 1.